The van der Waals surface area contributed by atoms with Crippen LogP contribution in [0.15, 0.2) is 0 Å². The predicted molar refractivity (Wildman–Crippen MR) is 43.8 cm³/mol. The van der Waals surface area contributed by atoms with Gasteiger partial charge in [0.2, 0.25) is 5.91 Å². The Hall–Kier alpha value is -1.47. The first kappa shape index (κ1) is 10.6. The molecule has 2 unspecified atom stereocenters. The minimum absolute atomic E-state index is 0.579. The number of hydrogen-bond donors (Lipinski definition) is 1. The van der Waals surface area contributed by atoms with Gasteiger partial charge in [0.15, 0.2) is 6.04 Å². The number of quaternary nitrogens is 1. The summed E-state index contributed by atoms with van der Waals surface area (Å²) < 4.78 is 0. The lowest BCUT2D eigenvalue weighted by molar-refractivity contribution is -0.973. The van der Waals surface area contributed by atoms with Crippen LogP contribution in [-0.4, -0.2) is 33.9 Å². The zero-order valence-electron chi connectivity index (χ0n) is 8.10. The molecule has 0 aromatic rings. The number of hydrazine groups is 1. The first-order valence-electron chi connectivity index (χ1n) is 4.07. The van der Waals surface area contributed by atoms with Crippen LogP contribution in [0.25, 0.3) is 0 Å². The van der Waals surface area contributed by atoms with Crippen molar-refractivity contribution < 1.29 is 19.6 Å². The highest BCUT2D eigenvalue weighted by atomic mass is 16.6. The van der Waals surface area contributed by atoms with Gasteiger partial charge in [-0.05, 0) is 6.92 Å². The number of nitrogens with one attached hydrogen (secondary N) is 1. The van der Waals surface area contributed by atoms with Crippen LogP contribution >= 0.6 is 0 Å². The molecular weight excluding hydrogens is 190 g/mol. The third kappa shape index (κ3) is 1.36. The molecule has 0 bridgehead atoms. The van der Waals surface area contributed by atoms with E-state index < -0.39 is 28.9 Å². The van der Waals surface area contributed by atoms with Crippen LogP contribution in [0.2, 0.25) is 0 Å². The van der Waals surface area contributed by atoms with Crippen molar-refractivity contribution in [3.05, 3.63) is 5.21 Å². The van der Waals surface area contributed by atoms with Crippen molar-refractivity contribution in [3.8, 4) is 0 Å². The summed E-state index contributed by atoms with van der Waals surface area (Å²) in [6, 6.07) is -0.956. The summed E-state index contributed by atoms with van der Waals surface area (Å²) in [5.41, 5.74) is 0. The molecule has 0 saturated carbocycles. The first-order chi connectivity index (χ1) is 6.37. The average molecular weight is 201 g/mol. The molecule has 3 amide bonds. The van der Waals surface area contributed by atoms with Crippen LogP contribution in [0.1, 0.15) is 20.8 Å². The molecule has 0 aliphatic carbocycles. The monoisotopic (exact) mass is 201 g/mol. The summed E-state index contributed by atoms with van der Waals surface area (Å²) in [4.78, 5) is 33.4. The van der Waals surface area contributed by atoms with E-state index >= 15 is 0 Å². The summed E-state index contributed by atoms with van der Waals surface area (Å²) in [5, 5.41) is 11.9. The number of carbonyl (C=O) groups excluding carboxylic acids is 3. The molecule has 0 aromatic carbocycles. The maximum absolute atomic E-state index is 11.4. The molecule has 1 heterocycles. The first-order valence-corrected chi connectivity index (χ1v) is 4.07. The molecule has 0 spiro atoms. The Morgan fingerprint density at radius 2 is 1.86 bits per heavy atom. The van der Waals surface area contributed by atoms with Crippen molar-refractivity contribution in [3.63, 3.8) is 0 Å². The van der Waals surface area contributed by atoms with E-state index in [0.717, 1.165) is 13.8 Å². The van der Waals surface area contributed by atoms with E-state index in [9.17, 15) is 19.6 Å². The fourth-order valence-electron chi connectivity index (χ4n) is 1.26. The van der Waals surface area contributed by atoms with E-state index in [-0.39, 0.29) is 0 Å². The topological polar surface area (TPSA) is 85.2 Å². The maximum atomic E-state index is 11.4. The van der Waals surface area contributed by atoms with Gasteiger partial charge >= 0.3 is 5.91 Å². The highest BCUT2D eigenvalue weighted by Crippen LogP contribution is 2.04. The Bertz CT molecular complexity index is 303. The molecule has 7 nitrogen and oxygen atoms in total. The lowest BCUT2D eigenvalue weighted by Crippen LogP contribution is -3.15. The second-order valence-corrected chi connectivity index (χ2v) is 3.06. The highest BCUT2D eigenvalue weighted by molar-refractivity contribution is 5.98. The second-order valence-electron chi connectivity index (χ2n) is 3.06. The Morgan fingerprint density at radius 3 is 2.14 bits per heavy atom. The van der Waals surface area contributed by atoms with E-state index in [0.29, 0.717) is 10.1 Å². The van der Waals surface area contributed by atoms with Gasteiger partial charge < -0.3 is 5.21 Å². The van der Waals surface area contributed by atoms with Gasteiger partial charge in [0.1, 0.15) is 0 Å². The highest BCUT2D eigenvalue weighted by Gasteiger charge is 2.46. The van der Waals surface area contributed by atoms with Crippen LogP contribution in [-0.2, 0) is 14.4 Å². The summed E-state index contributed by atoms with van der Waals surface area (Å²) >= 11 is 0. The second kappa shape index (κ2) is 3.35. The van der Waals surface area contributed by atoms with E-state index in [1.54, 1.807) is 0 Å². The predicted octanol–water partition coefficient (Wildman–Crippen LogP) is -2.18. The Labute approximate surface area is 80.4 Å². The smallest absolute Gasteiger partial charge is 0.313 e. The Balaban J connectivity index is 3.07. The number of rotatable bonds is 0. The zero-order chi connectivity index (χ0) is 11.0. The number of hydroxylamine groups is 1. The SMILES string of the molecule is CC(=O)N1C(=O)C(C)[NH+]([O-])N1C(C)=O. The molecule has 1 N–H and O–H groups in total. The fourth-order valence-corrected chi connectivity index (χ4v) is 1.26. The molecule has 0 aromatic heterocycles. The average Bonchev–Trinajstić information content (AvgIpc) is 2.29. The quantitative estimate of drug-likeness (QED) is 0.452. The van der Waals surface area contributed by atoms with Crippen molar-refractivity contribution in [2.75, 3.05) is 0 Å². The molecule has 1 aliphatic rings. The molecular formula is C7H11N3O4. The Morgan fingerprint density at radius 1 is 1.36 bits per heavy atom. The summed E-state index contributed by atoms with van der Waals surface area (Å²) in [6.45, 7) is 3.61. The maximum Gasteiger partial charge on any atom is 0.313 e. The lowest BCUT2D eigenvalue weighted by atomic mass is 10.3. The van der Waals surface area contributed by atoms with Gasteiger partial charge in [-0.25, -0.2) is 5.17 Å². The minimum Gasteiger partial charge on any atom is -0.606 e. The normalized spacial score (nSPS) is 27.0. The zero-order valence-corrected chi connectivity index (χ0v) is 8.10. The van der Waals surface area contributed by atoms with Crippen molar-refractivity contribution in [2.24, 2.45) is 0 Å². The summed E-state index contributed by atoms with van der Waals surface area (Å²) in [7, 11) is 0. The summed E-state index contributed by atoms with van der Waals surface area (Å²) in [6.07, 6.45) is 0. The number of nitrogens with zero attached hydrogens (tertiary/aromatic N) is 2. The molecule has 78 valence electrons. The van der Waals surface area contributed by atoms with Crippen LogP contribution in [0.5, 0.6) is 0 Å². The molecule has 1 aliphatic heterocycles. The van der Waals surface area contributed by atoms with Crippen LogP contribution in [0.4, 0.5) is 0 Å². The van der Waals surface area contributed by atoms with E-state index in [1.807, 2.05) is 0 Å². The van der Waals surface area contributed by atoms with Gasteiger partial charge in [-0.3, -0.25) is 14.4 Å². The largest absolute Gasteiger partial charge is 0.606 e. The number of hydrogen-bond acceptors (Lipinski definition) is 4. The van der Waals surface area contributed by atoms with E-state index in [2.05, 4.69) is 0 Å². The van der Waals surface area contributed by atoms with Gasteiger partial charge in [-0.15, -0.1) is 5.01 Å². The van der Waals surface area contributed by atoms with E-state index in [1.165, 1.54) is 6.92 Å². The van der Waals surface area contributed by atoms with Gasteiger partial charge in [0, 0.05) is 13.8 Å². The van der Waals surface area contributed by atoms with E-state index in [4.69, 9.17) is 0 Å². The molecule has 14 heavy (non-hydrogen) atoms. The van der Waals surface area contributed by atoms with Crippen molar-refractivity contribution in [1.82, 2.24) is 10.1 Å². The number of amides is 3. The minimum atomic E-state index is -0.956. The lowest BCUT2D eigenvalue weighted by Gasteiger charge is -2.28. The molecule has 7 heteroatoms. The van der Waals surface area contributed by atoms with Crippen molar-refractivity contribution in [2.45, 2.75) is 26.8 Å². The third-order valence-corrected chi connectivity index (χ3v) is 1.95. The third-order valence-electron chi connectivity index (χ3n) is 1.95. The molecule has 1 fully saturated rings. The van der Waals surface area contributed by atoms with Gasteiger partial charge in [-0.2, -0.15) is 0 Å². The molecule has 0 radical (unpaired) electrons. The van der Waals surface area contributed by atoms with Crippen molar-refractivity contribution in [1.29, 1.82) is 0 Å². The van der Waals surface area contributed by atoms with Gasteiger partial charge in [0.25, 0.3) is 5.91 Å². The number of imide groups is 1. The molecule has 2 atom stereocenters. The Kier molecular flexibility index (Phi) is 2.54. The molecule has 1 rings (SSSR count). The van der Waals surface area contributed by atoms with Crippen LogP contribution in [0, 0.1) is 5.21 Å². The van der Waals surface area contributed by atoms with Crippen LogP contribution < -0.4 is 5.17 Å². The van der Waals surface area contributed by atoms with Gasteiger partial charge in [-0.1, -0.05) is 5.12 Å². The molecule has 1 saturated heterocycles. The van der Waals surface area contributed by atoms with Crippen LogP contribution in [0.3, 0.4) is 0 Å². The van der Waals surface area contributed by atoms with Gasteiger partial charge in [0.05, 0.1) is 0 Å². The standard InChI is InChI=1S/C7H11N3O4/c1-4-7(13)8(5(2)11)9(6(3)12)10(4)14/h4,10H,1-3H3. The fraction of sp³-hybridized carbons (Fsp3) is 0.571. The number of carbonyl (C=O) groups is 3. The van der Waals surface area contributed by atoms with Crippen molar-refractivity contribution >= 4 is 17.7 Å². The summed E-state index contributed by atoms with van der Waals surface area (Å²) in [5.74, 6) is -1.93.